The summed E-state index contributed by atoms with van der Waals surface area (Å²) in [6, 6.07) is 1.57. The Morgan fingerprint density at radius 2 is 1.45 bits per heavy atom. The van der Waals surface area contributed by atoms with E-state index < -0.39 is 0 Å². The zero-order valence-electron chi connectivity index (χ0n) is 15.4. The summed E-state index contributed by atoms with van der Waals surface area (Å²) in [5.41, 5.74) is 0. The molecule has 1 nitrogen and oxygen atoms in total. The van der Waals surface area contributed by atoms with Gasteiger partial charge in [-0.15, -0.1) is 0 Å². The first kappa shape index (κ1) is 19.7. The lowest BCUT2D eigenvalue weighted by molar-refractivity contribution is 0.315. The van der Waals surface area contributed by atoms with Crippen LogP contribution in [0.25, 0.3) is 0 Å². The van der Waals surface area contributed by atoms with Crippen molar-refractivity contribution in [3.05, 3.63) is 12.2 Å². The van der Waals surface area contributed by atoms with Gasteiger partial charge in [0, 0.05) is 12.1 Å². The molecular weight excluding hydrogens is 266 g/mol. The summed E-state index contributed by atoms with van der Waals surface area (Å²) in [5.74, 6) is 0. The Kier molecular flexibility index (Phi) is 12.8. The Bertz CT molecular complexity index is 259. The molecule has 22 heavy (non-hydrogen) atoms. The lowest BCUT2D eigenvalue weighted by atomic mass is 9.95. The van der Waals surface area contributed by atoms with E-state index in [9.17, 15) is 0 Å². The molecule has 1 heteroatoms. The van der Waals surface area contributed by atoms with Crippen molar-refractivity contribution in [3.63, 3.8) is 0 Å². The highest BCUT2D eigenvalue weighted by Crippen LogP contribution is 2.17. The van der Waals surface area contributed by atoms with E-state index in [-0.39, 0.29) is 0 Å². The van der Waals surface area contributed by atoms with E-state index in [1.165, 1.54) is 96.3 Å². The SMILES string of the molecule is CCCCCCCC/C=C/CCCCC[C@@H]1CCC[C@@H](C)N1. The van der Waals surface area contributed by atoms with Gasteiger partial charge in [-0.1, -0.05) is 70.4 Å². The van der Waals surface area contributed by atoms with Gasteiger partial charge in [0.25, 0.3) is 0 Å². The van der Waals surface area contributed by atoms with Crippen LogP contribution in [0, 0.1) is 0 Å². The number of allylic oxidation sites excluding steroid dienone is 2. The molecule has 1 fully saturated rings. The molecule has 0 aliphatic carbocycles. The topological polar surface area (TPSA) is 12.0 Å². The van der Waals surface area contributed by atoms with Crippen LogP contribution < -0.4 is 5.32 Å². The predicted octanol–water partition coefficient (Wildman–Crippen LogP) is 6.77. The van der Waals surface area contributed by atoms with E-state index in [1.807, 2.05) is 0 Å². The molecule has 1 N–H and O–H groups in total. The van der Waals surface area contributed by atoms with Crippen LogP contribution in [-0.4, -0.2) is 12.1 Å². The number of rotatable bonds is 13. The normalized spacial score (nSPS) is 22.5. The van der Waals surface area contributed by atoms with Crippen LogP contribution in [0.15, 0.2) is 12.2 Å². The maximum Gasteiger partial charge on any atom is 0.00695 e. The van der Waals surface area contributed by atoms with E-state index in [0.29, 0.717) is 0 Å². The molecule has 0 spiro atoms. The molecule has 2 atom stereocenters. The van der Waals surface area contributed by atoms with Crippen LogP contribution in [0.1, 0.15) is 110 Å². The smallest absolute Gasteiger partial charge is 0.00695 e. The first-order chi connectivity index (χ1) is 10.8. The lowest BCUT2D eigenvalue weighted by Gasteiger charge is -2.28. The second kappa shape index (κ2) is 14.3. The summed E-state index contributed by atoms with van der Waals surface area (Å²) >= 11 is 0. The lowest BCUT2D eigenvalue weighted by Crippen LogP contribution is -2.40. The van der Waals surface area contributed by atoms with E-state index >= 15 is 0 Å². The molecule has 0 bridgehead atoms. The maximum absolute atomic E-state index is 3.75. The fraction of sp³-hybridized carbons (Fsp3) is 0.905. The van der Waals surface area contributed by atoms with E-state index in [1.54, 1.807) is 0 Å². The van der Waals surface area contributed by atoms with E-state index in [4.69, 9.17) is 0 Å². The van der Waals surface area contributed by atoms with Crippen LogP contribution in [0.4, 0.5) is 0 Å². The average molecular weight is 308 g/mol. The Morgan fingerprint density at radius 3 is 2.14 bits per heavy atom. The van der Waals surface area contributed by atoms with Gasteiger partial charge < -0.3 is 5.32 Å². The van der Waals surface area contributed by atoms with Gasteiger partial charge in [0.2, 0.25) is 0 Å². The van der Waals surface area contributed by atoms with Crippen molar-refractivity contribution >= 4 is 0 Å². The molecule has 130 valence electrons. The maximum atomic E-state index is 3.75. The van der Waals surface area contributed by atoms with Crippen LogP contribution in [-0.2, 0) is 0 Å². The predicted molar refractivity (Wildman–Crippen MR) is 100 cm³/mol. The monoisotopic (exact) mass is 307 g/mol. The highest BCUT2D eigenvalue weighted by atomic mass is 15.0. The molecule has 0 aromatic carbocycles. The Labute approximate surface area is 140 Å². The van der Waals surface area contributed by atoms with Crippen LogP contribution >= 0.6 is 0 Å². The quantitative estimate of drug-likeness (QED) is 0.292. The molecule has 0 saturated carbocycles. The number of hydrogen-bond donors (Lipinski definition) is 1. The summed E-state index contributed by atoms with van der Waals surface area (Å²) in [6.07, 6.45) is 25.7. The molecule has 0 unspecified atom stereocenters. The third kappa shape index (κ3) is 11.3. The number of hydrogen-bond acceptors (Lipinski definition) is 1. The molecule has 0 amide bonds. The minimum Gasteiger partial charge on any atom is -0.312 e. The Balaban J connectivity index is 1.80. The van der Waals surface area contributed by atoms with Gasteiger partial charge in [-0.3, -0.25) is 0 Å². The van der Waals surface area contributed by atoms with Crippen molar-refractivity contribution in [2.24, 2.45) is 0 Å². The van der Waals surface area contributed by atoms with Crippen molar-refractivity contribution in [3.8, 4) is 0 Å². The second-order valence-corrected chi connectivity index (χ2v) is 7.36. The number of piperidine rings is 1. The van der Waals surface area contributed by atoms with Crippen molar-refractivity contribution in [1.29, 1.82) is 0 Å². The van der Waals surface area contributed by atoms with Gasteiger partial charge in [0.15, 0.2) is 0 Å². The number of unbranched alkanes of at least 4 members (excludes halogenated alkanes) is 9. The van der Waals surface area contributed by atoms with Crippen LogP contribution in [0.3, 0.4) is 0 Å². The summed E-state index contributed by atoms with van der Waals surface area (Å²) in [5, 5.41) is 3.75. The van der Waals surface area contributed by atoms with Gasteiger partial charge in [0.05, 0.1) is 0 Å². The average Bonchev–Trinajstić information content (AvgIpc) is 2.52. The standard InChI is InChI=1S/C21H41N/c1-3-4-5-6-7-8-9-10-11-12-13-14-15-18-21-19-16-17-20(2)22-21/h10-11,20-22H,3-9,12-19H2,1-2H3/b11-10+/t20-,21-/m1/s1. The first-order valence-electron chi connectivity index (χ1n) is 10.2. The Hall–Kier alpha value is -0.300. The summed E-state index contributed by atoms with van der Waals surface area (Å²) in [7, 11) is 0. The minimum atomic E-state index is 0.753. The molecule has 0 aromatic rings. The zero-order valence-corrected chi connectivity index (χ0v) is 15.4. The summed E-state index contributed by atoms with van der Waals surface area (Å²) in [4.78, 5) is 0. The van der Waals surface area contributed by atoms with E-state index in [2.05, 4.69) is 31.3 Å². The second-order valence-electron chi connectivity index (χ2n) is 7.36. The van der Waals surface area contributed by atoms with Crippen LogP contribution in [0.5, 0.6) is 0 Å². The molecule has 1 aliphatic rings. The van der Waals surface area contributed by atoms with E-state index in [0.717, 1.165) is 12.1 Å². The van der Waals surface area contributed by atoms with Gasteiger partial charge >= 0.3 is 0 Å². The van der Waals surface area contributed by atoms with Gasteiger partial charge in [-0.05, 0) is 51.9 Å². The van der Waals surface area contributed by atoms with Crippen molar-refractivity contribution < 1.29 is 0 Å². The van der Waals surface area contributed by atoms with Crippen molar-refractivity contribution in [2.75, 3.05) is 0 Å². The third-order valence-electron chi connectivity index (χ3n) is 5.02. The highest BCUT2D eigenvalue weighted by molar-refractivity contribution is 4.81. The zero-order chi connectivity index (χ0) is 15.9. The number of nitrogens with one attached hydrogen (secondary N) is 1. The summed E-state index contributed by atoms with van der Waals surface area (Å²) in [6.45, 7) is 4.62. The molecular formula is C21H41N. The molecule has 1 saturated heterocycles. The summed E-state index contributed by atoms with van der Waals surface area (Å²) < 4.78 is 0. The Morgan fingerprint density at radius 1 is 0.818 bits per heavy atom. The minimum absolute atomic E-state index is 0.753. The first-order valence-corrected chi connectivity index (χ1v) is 10.2. The fourth-order valence-corrected chi connectivity index (χ4v) is 3.58. The fourth-order valence-electron chi connectivity index (χ4n) is 3.58. The van der Waals surface area contributed by atoms with Crippen LogP contribution in [0.2, 0.25) is 0 Å². The molecule has 1 heterocycles. The molecule has 0 radical (unpaired) electrons. The van der Waals surface area contributed by atoms with Crippen molar-refractivity contribution in [2.45, 2.75) is 122 Å². The third-order valence-corrected chi connectivity index (χ3v) is 5.02. The van der Waals surface area contributed by atoms with Gasteiger partial charge in [-0.25, -0.2) is 0 Å². The highest BCUT2D eigenvalue weighted by Gasteiger charge is 2.16. The molecule has 0 aromatic heterocycles. The van der Waals surface area contributed by atoms with Gasteiger partial charge in [0.1, 0.15) is 0 Å². The largest absolute Gasteiger partial charge is 0.312 e. The van der Waals surface area contributed by atoms with Crippen molar-refractivity contribution in [1.82, 2.24) is 5.32 Å². The van der Waals surface area contributed by atoms with Gasteiger partial charge in [-0.2, -0.15) is 0 Å². The molecule has 1 rings (SSSR count). The molecule has 1 aliphatic heterocycles.